The zero-order chi connectivity index (χ0) is 12.0. The zero-order valence-electron chi connectivity index (χ0n) is 11.0. The quantitative estimate of drug-likeness (QED) is 0.760. The second kappa shape index (κ2) is 6.58. The van der Waals surface area contributed by atoms with E-state index in [0.29, 0.717) is 12.5 Å². The van der Waals surface area contributed by atoms with Crippen LogP contribution in [0.25, 0.3) is 0 Å². The molecule has 3 heteroatoms. The molecule has 0 aromatic carbocycles. The summed E-state index contributed by atoms with van der Waals surface area (Å²) in [5.74, 6) is 0.716. The molecule has 16 heavy (non-hydrogen) atoms. The lowest BCUT2D eigenvalue weighted by molar-refractivity contribution is -0.105. The molecule has 1 fully saturated rings. The molecule has 0 amide bonds. The maximum Gasteiger partial charge on any atom is 0.0857 e. The van der Waals surface area contributed by atoms with E-state index >= 15 is 0 Å². The van der Waals surface area contributed by atoms with Crippen LogP contribution in [-0.4, -0.2) is 31.5 Å². The number of ether oxygens (including phenoxy) is 2. The molecule has 96 valence electrons. The lowest BCUT2D eigenvalue weighted by Gasteiger charge is -2.43. The molecule has 0 spiro atoms. The van der Waals surface area contributed by atoms with Crippen molar-refractivity contribution in [2.45, 2.75) is 58.1 Å². The van der Waals surface area contributed by atoms with Crippen LogP contribution in [0.3, 0.4) is 0 Å². The fourth-order valence-electron chi connectivity index (χ4n) is 2.80. The molecule has 1 aliphatic carbocycles. The third kappa shape index (κ3) is 3.44. The SMILES string of the molecule is CCOCC(N)C1(OCC)CCCC(C)C1. The average molecular weight is 229 g/mol. The van der Waals surface area contributed by atoms with Gasteiger partial charge in [-0.2, -0.15) is 0 Å². The molecule has 3 atom stereocenters. The topological polar surface area (TPSA) is 44.5 Å². The van der Waals surface area contributed by atoms with Crippen LogP contribution >= 0.6 is 0 Å². The smallest absolute Gasteiger partial charge is 0.0857 e. The molecule has 0 heterocycles. The van der Waals surface area contributed by atoms with Gasteiger partial charge in [-0.05, 0) is 32.6 Å². The van der Waals surface area contributed by atoms with Crippen LogP contribution in [0.2, 0.25) is 0 Å². The van der Waals surface area contributed by atoms with E-state index in [4.69, 9.17) is 15.2 Å². The Hall–Kier alpha value is -0.120. The van der Waals surface area contributed by atoms with Gasteiger partial charge in [0, 0.05) is 13.2 Å². The highest BCUT2D eigenvalue weighted by Crippen LogP contribution is 2.37. The Morgan fingerprint density at radius 3 is 2.69 bits per heavy atom. The van der Waals surface area contributed by atoms with E-state index in [0.717, 1.165) is 26.1 Å². The molecule has 1 rings (SSSR count). The third-order valence-electron chi connectivity index (χ3n) is 3.60. The van der Waals surface area contributed by atoms with Crippen LogP contribution in [0.4, 0.5) is 0 Å². The monoisotopic (exact) mass is 229 g/mol. The van der Waals surface area contributed by atoms with E-state index in [1.54, 1.807) is 0 Å². The van der Waals surface area contributed by atoms with Gasteiger partial charge in [0.05, 0.1) is 18.2 Å². The summed E-state index contributed by atoms with van der Waals surface area (Å²) in [6.07, 6.45) is 4.69. The second-order valence-corrected chi connectivity index (χ2v) is 4.97. The van der Waals surface area contributed by atoms with Crippen molar-refractivity contribution in [3.63, 3.8) is 0 Å². The summed E-state index contributed by atoms with van der Waals surface area (Å²) in [6.45, 7) is 8.43. The molecule has 0 saturated heterocycles. The first kappa shape index (κ1) is 13.9. The van der Waals surface area contributed by atoms with E-state index in [2.05, 4.69) is 13.8 Å². The third-order valence-corrected chi connectivity index (χ3v) is 3.60. The molecule has 2 N–H and O–H groups in total. The fraction of sp³-hybridized carbons (Fsp3) is 1.00. The summed E-state index contributed by atoms with van der Waals surface area (Å²) < 4.78 is 11.4. The highest BCUT2D eigenvalue weighted by Gasteiger charge is 2.40. The summed E-state index contributed by atoms with van der Waals surface area (Å²) in [7, 11) is 0. The van der Waals surface area contributed by atoms with Gasteiger partial charge in [-0.15, -0.1) is 0 Å². The van der Waals surface area contributed by atoms with Crippen molar-refractivity contribution in [2.75, 3.05) is 19.8 Å². The van der Waals surface area contributed by atoms with Gasteiger partial charge in [-0.3, -0.25) is 0 Å². The van der Waals surface area contributed by atoms with Crippen molar-refractivity contribution in [3.05, 3.63) is 0 Å². The molecule has 1 aliphatic rings. The molecule has 0 radical (unpaired) electrons. The van der Waals surface area contributed by atoms with Crippen LogP contribution in [-0.2, 0) is 9.47 Å². The number of nitrogens with two attached hydrogens (primary N) is 1. The first-order valence-corrected chi connectivity index (χ1v) is 6.62. The average Bonchev–Trinajstić information content (AvgIpc) is 2.26. The number of hydrogen-bond acceptors (Lipinski definition) is 3. The predicted molar refractivity (Wildman–Crippen MR) is 66.5 cm³/mol. The molecular formula is C13H27NO2. The summed E-state index contributed by atoms with van der Waals surface area (Å²) in [5.41, 5.74) is 6.13. The van der Waals surface area contributed by atoms with E-state index in [1.807, 2.05) is 6.92 Å². The lowest BCUT2D eigenvalue weighted by Crippen LogP contribution is -2.55. The van der Waals surface area contributed by atoms with E-state index < -0.39 is 0 Å². The summed E-state index contributed by atoms with van der Waals surface area (Å²) in [4.78, 5) is 0. The van der Waals surface area contributed by atoms with Gasteiger partial charge in [0.2, 0.25) is 0 Å². The predicted octanol–water partition coefficient (Wildman–Crippen LogP) is 2.34. The van der Waals surface area contributed by atoms with Crippen molar-refractivity contribution in [1.82, 2.24) is 0 Å². The minimum absolute atomic E-state index is 0.00940. The minimum Gasteiger partial charge on any atom is -0.380 e. The van der Waals surface area contributed by atoms with Crippen molar-refractivity contribution < 1.29 is 9.47 Å². The Labute approximate surface area is 99.7 Å². The zero-order valence-corrected chi connectivity index (χ0v) is 11.0. The number of rotatable bonds is 6. The Kier molecular flexibility index (Phi) is 5.73. The summed E-state index contributed by atoms with van der Waals surface area (Å²) in [5, 5.41) is 0. The van der Waals surface area contributed by atoms with Gasteiger partial charge in [-0.1, -0.05) is 19.8 Å². The number of hydrogen-bond donors (Lipinski definition) is 1. The first-order valence-electron chi connectivity index (χ1n) is 6.62. The lowest BCUT2D eigenvalue weighted by atomic mass is 9.75. The second-order valence-electron chi connectivity index (χ2n) is 4.97. The molecule has 1 saturated carbocycles. The maximum absolute atomic E-state index is 6.27. The van der Waals surface area contributed by atoms with Crippen molar-refractivity contribution in [2.24, 2.45) is 11.7 Å². The molecule has 0 aromatic heterocycles. The van der Waals surface area contributed by atoms with Crippen molar-refractivity contribution in [1.29, 1.82) is 0 Å². The van der Waals surface area contributed by atoms with Gasteiger partial charge in [0.25, 0.3) is 0 Å². The molecule has 3 unspecified atom stereocenters. The van der Waals surface area contributed by atoms with Crippen LogP contribution < -0.4 is 5.73 Å². The van der Waals surface area contributed by atoms with Crippen LogP contribution in [0, 0.1) is 5.92 Å². The van der Waals surface area contributed by atoms with E-state index in [1.165, 1.54) is 12.8 Å². The van der Waals surface area contributed by atoms with Crippen LogP contribution in [0.5, 0.6) is 0 Å². The molecule has 3 nitrogen and oxygen atoms in total. The fourth-order valence-corrected chi connectivity index (χ4v) is 2.80. The van der Waals surface area contributed by atoms with Crippen LogP contribution in [0.15, 0.2) is 0 Å². The van der Waals surface area contributed by atoms with Gasteiger partial charge in [-0.25, -0.2) is 0 Å². The Morgan fingerprint density at radius 2 is 2.12 bits per heavy atom. The largest absolute Gasteiger partial charge is 0.380 e. The van der Waals surface area contributed by atoms with Crippen molar-refractivity contribution >= 4 is 0 Å². The van der Waals surface area contributed by atoms with Gasteiger partial charge in [0.1, 0.15) is 0 Å². The molecule has 0 aliphatic heterocycles. The Bertz CT molecular complexity index is 194. The van der Waals surface area contributed by atoms with Gasteiger partial charge < -0.3 is 15.2 Å². The van der Waals surface area contributed by atoms with Gasteiger partial charge >= 0.3 is 0 Å². The van der Waals surface area contributed by atoms with Crippen molar-refractivity contribution in [3.8, 4) is 0 Å². The molecule has 0 bridgehead atoms. The standard InChI is InChI=1S/C13H27NO2/c1-4-15-10-12(14)13(16-5-2)8-6-7-11(3)9-13/h11-12H,4-10,14H2,1-3H3. The Balaban J connectivity index is 2.62. The Morgan fingerprint density at radius 1 is 1.38 bits per heavy atom. The summed E-state index contributed by atoms with van der Waals surface area (Å²) in [6, 6.07) is 0.00940. The van der Waals surface area contributed by atoms with Crippen LogP contribution in [0.1, 0.15) is 46.5 Å². The van der Waals surface area contributed by atoms with Gasteiger partial charge in [0.15, 0.2) is 0 Å². The molecule has 0 aromatic rings. The highest BCUT2D eigenvalue weighted by atomic mass is 16.5. The first-order chi connectivity index (χ1) is 7.64. The summed E-state index contributed by atoms with van der Waals surface area (Å²) >= 11 is 0. The maximum atomic E-state index is 6.27. The normalized spacial score (nSPS) is 32.6. The molecular weight excluding hydrogens is 202 g/mol. The van der Waals surface area contributed by atoms with E-state index in [-0.39, 0.29) is 11.6 Å². The van der Waals surface area contributed by atoms with E-state index in [9.17, 15) is 0 Å². The highest BCUT2D eigenvalue weighted by molar-refractivity contribution is 4.95. The minimum atomic E-state index is -0.137.